The van der Waals surface area contributed by atoms with Crippen LogP contribution in [-0.2, 0) is 27.3 Å². The highest BCUT2D eigenvalue weighted by atomic mass is 19.4. The van der Waals surface area contributed by atoms with E-state index in [0.29, 0.717) is 68.9 Å². The first-order valence-electron chi connectivity index (χ1n) is 15.6. The van der Waals surface area contributed by atoms with E-state index in [1.807, 2.05) is 0 Å². The molecule has 0 spiro atoms. The van der Waals surface area contributed by atoms with E-state index in [-0.39, 0.29) is 42.4 Å². The van der Waals surface area contributed by atoms with Gasteiger partial charge in [0.25, 0.3) is 0 Å². The number of carbonyl (C=O) groups is 3. The number of cyclic esters (lactones) is 1. The van der Waals surface area contributed by atoms with Crippen LogP contribution in [0.3, 0.4) is 0 Å². The Bertz CT molecular complexity index is 1460. The fourth-order valence-corrected chi connectivity index (χ4v) is 5.93. The summed E-state index contributed by atoms with van der Waals surface area (Å²) in [7, 11) is 0. The summed E-state index contributed by atoms with van der Waals surface area (Å²) in [6.07, 6.45) is -4.23. The summed E-state index contributed by atoms with van der Waals surface area (Å²) in [5, 5.41) is 0. The quantitative estimate of drug-likeness (QED) is 0.323. The molecule has 47 heavy (non-hydrogen) atoms. The molecule has 0 atom stereocenters. The summed E-state index contributed by atoms with van der Waals surface area (Å²) in [5.41, 5.74) is 0.413. The fourth-order valence-electron chi connectivity index (χ4n) is 5.93. The van der Waals surface area contributed by atoms with Crippen LogP contribution < -0.4 is 14.4 Å². The summed E-state index contributed by atoms with van der Waals surface area (Å²) >= 11 is 0. The molecular weight excluding hydrogens is 626 g/mol. The van der Waals surface area contributed by atoms with Crippen LogP contribution in [0.25, 0.3) is 0 Å². The van der Waals surface area contributed by atoms with E-state index in [1.165, 1.54) is 29.2 Å². The highest BCUT2D eigenvalue weighted by Crippen LogP contribution is 2.34. The van der Waals surface area contributed by atoms with E-state index < -0.39 is 36.4 Å². The second-order valence-electron chi connectivity index (χ2n) is 12.9. The van der Waals surface area contributed by atoms with Crippen molar-refractivity contribution in [1.82, 2.24) is 9.80 Å². The van der Waals surface area contributed by atoms with Crippen molar-refractivity contribution in [1.29, 1.82) is 0 Å². The highest BCUT2D eigenvalue weighted by Gasteiger charge is 2.36. The second-order valence-corrected chi connectivity index (χ2v) is 12.9. The first-order chi connectivity index (χ1) is 22.2. The zero-order valence-electron chi connectivity index (χ0n) is 26.6. The summed E-state index contributed by atoms with van der Waals surface area (Å²) in [4.78, 5) is 42.9. The molecule has 3 heterocycles. The Morgan fingerprint density at radius 3 is 2.30 bits per heavy atom. The van der Waals surface area contributed by atoms with Crippen molar-refractivity contribution in [2.45, 2.75) is 83.4 Å². The fraction of sp³-hybridized carbons (Fsp3) is 0.545. The normalized spacial score (nSPS) is 18.0. The molecule has 3 aliphatic heterocycles. The summed E-state index contributed by atoms with van der Waals surface area (Å²) < 4.78 is 75.4. The average Bonchev–Trinajstić information content (AvgIpc) is 3.00. The molecule has 2 saturated heterocycles. The molecule has 0 N–H and O–H groups in total. The number of halogens is 4. The van der Waals surface area contributed by atoms with Gasteiger partial charge in [-0.2, -0.15) is 13.2 Å². The van der Waals surface area contributed by atoms with E-state index in [4.69, 9.17) is 18.9 Å². The van der Waals surface area contributed by atoms with Gasteiger partial charge >= 0.3 is 18.4 Å². The van der Waals surface area contributed by atoms with Gasteiger partial charge in [-0.25, -0.2) is 14.0 Å². The van der Waals surface area contributed by atoms with Gasteiger partial charge in [0.05, 0.1) is 12.1 Å². The lowest BCUT2D eigenvalue weighted by atomic mass is 9.99. The lowest BCUT2D eigenvalue weighted by Crippen LogP contribution is -2.50. The Morgan fingerprint density at radius 1 is 0.957 bits per heavy atom. The van der Waals surface area contributed by atoms with E-state index in [9.17, 15) is 31.9 Å². The number of alkyl halides is 3. The van der Waals surface area contributed by atoms with E-state index in [1.54, 1.807) is 42.7 Å². The van der Waals surface area contributed by atoms with Gasteiger partial charge < -0.3 is 28.7 Å². The molecule has 0 saturated carbocycles. The molecule has 3 amide bonds. The minimum Gasteiger partial charge on any atom is -0.490 e. The molecule has 0 unspecified atom stereocenters. The minimum absolute atomic E-state index is 0.107. The van der Waals surface area contributed by atoms with Crippen LogP contribution in [0.1, 0.15) is 57.6 Å². The Labute approximate surface area is 270 Å². The third kappa shape index (κ3) is 8.77. The van der Waals surface area contributed by atoms with E-state index in [0.717, 1.165) is 0 Å². The number of hydrogen-bond donors (Lipinski definition) is 0. The molecule has 2 aromatic rings. The van der Waals surface area contributed by atoms with Crippen LogP contribution in [0.5, 0.6) is 11.5 Å². The molecule has 0 bridgehead atoms. The number of carbonyl (C=O) groups excluding carboxylic acids is 3. The van der Waals surface area contributed by atoms with Gasteiger partial charge in [-0.15, -0.1) is 0 Å². The monoisotopic (exact) mass is 665 g/mol. The third-order valence-corrected chi connectivity index (χ3v) is 8.24. The van der Waals surface area contributed by atoms with E-state index >= 15 is 0 Å². The molecule has 5 rings (SSSR count). The topological polar surface area (TPSA) is 97.9 Å². The largest absolute Gasteiger partial charge is 0.490 e. The molecule has 0 aliphatic carbocycles. The van der Waals surface area contributed by atoms with Crippen LogP contribution in [-0.4, -0.2) is 84.6 Å². The zero-order chi connectivity index (χ0) is 33.9. The molecule has 256 valence electrons. The number of hydrogen-bond acceptors (Lipinski definition) is 7. The standard InChI is InChI=1S/C33H39F4N3O7/c1-32(2,3)47-30(42)39-15-11-23(12-16-39)46-24-8-7-21(28(18-24)45-20-33(35,36)37)17-29(41)38-13-9-22(10-14-38)40-27-6-4-5-26(34)25(27)19-44-31(40)43/h4-8,18,22-23H,9-17,19-20H2,1-3H3. The molecule has 2 aromatic carbocycles. The predicted molar refractivity (Wildman–Crippen MR) is 162 cm³/mol. The van der Waals surface area contributed by atoms with Crippen molar-refractivity contribution in [3.8, 4) is 11.5 Å². The summed E-state index contributed by atoms with van der Waals surface area (Å²) in [6.45, 7) is 5.08. The smallest absolute Gasteiger partial charge is 0.422 e. The van der Waals surface area contributed by atoms with Gasteiger partial charge in [0.1, 0.15) is 35.6 Å². The summed E-state index contributed by atoms with van der Waals surface area (Å²) in [5.74, 6) is -0.587. The molecule has 14 heteroatoms. The predicted octanol–water partition coefficient (Wildman–Crippen LogP) is 6.24. The van der Waals surface area contributed by atoms with Crippen LogP contribution in [0, 0.1) is 5.82 Å². The van der Waals surface area contributed by atoms with Gasteiger partial charge in [-0.3, -0.25) is 9.69 Å². The maximum absolute atomic E-state index is 14.3. The summed E-state index contributed by atoms with van der Waals surface area (Å²) in [6, 6.07) is 8.66. The van der Waals surface area contributed by atoms with Crippen molar-refractivity contribution in [2.75, 3.05) is 37.7 Å². The van der Waals surface area contributed by atoms with Crippen molar-refractivity contribution in [3.63, 3.8) is 0 Å². The highest BCUT2D eigenvalue weighted by molar-refractivity contribution is 5.91. The maximum atomic E-state index is 14.3. The Hall–Kier alpha value is -4.23. The second kappa shape index (κ2) is 13.9. The Balaban J connectivity index is 1.20. The number of amides is 3. The van der Waals surface area contributed by atoms with Gasteiger partial charge in [-0.05, 0) is 51.8 Å². The van der Waals surface area contributed by atoms with Crippen LogP contribution in [0.2, 0.25) is 0 Å². The number of ether oxygens (including phenoxy) is 4. The lowest BCUT2D eigenvalue weighted by molar-refractivity contribution is -0.153. The first kappa shape index (κ1) is 34.1. The molecular formula is C33H39F4N3O7. The maximum Gasteiger partial charge on any atom is 0.422 e. The zero-order valence-corrected chi connectivity index (χ0v) is 26.6. The molecule has 3 aliphatic rings. The van der Waals surface area contributed by atoms with Crippen molar-refractivity contribution in [2.24, 2.45) is 0 Å². The average molecular weight is 666 g/mol. The van der Waals surface area contributed by atoms with Gasteiger partial charge in [0.15, 0.2) is 6.61 Å². The number of fused-ring (bicyclic) bond motifs is 1. The number of rotatable bonds is 7. The lowest BCUT2D eigenvalue weighted by Gasteiger charge is -2.40. The number of nitrogens with zero attached hydrogens (tertiary/aromatic N) is 3. The number of anilines is 1. The van der Waals surface area contributed by atoms with Gasteiger partial charge in [0.2, 0.25) is 5.91 Å². The van der Waals surface area contributed by atoms with Crippen LogP contribution in [0.4, 0.5) is 32.8 Å². The molecule has 0 aromatic heterocycles. The minimum atomic E-state index is -4.59. The van der Waals surface area contributed by atoms with Gasteiger partial charge in [0, 0.05) is 62.3 Å². The molecule has 2 fully saturated rings. The van der Waals surface area contributed by atoms with Crippen molar-refractivity contribution in [3.05, 3.63) is 53.3 Å². The molecule has 0 radical (unpaired) electrons. The molecule has 10 nitrogen and oxygen atoms in total. The Kier molecular flexibility index (Phi) is 10.1. The number of likely N-dealkylation sites (tertiary alicyclic amines) is 2. The van der Waals surface area contributed by atoms with Crippen LogP contribution in [0.15, 0.2) is 36.4 Å². The Morgan fingerprint density at radius 2 is 1.64 bits per heavy atom. The van der Waals surface area contributed by atoms with Crippen molar-refractivity contribution >= 4 is 23.8 Å². The number of benzene rings is 2. The third-order valence-electron chi connectivity index (χ3n) is 8.24. The van der Waals surface area contributed by atoms with E-state index in [2.05, 4.69) is 0 Å². The van der Waals surface area contributed by atoms with Crippen LogP contribution >= 0.6 is 0 Å². The van der Waals surface area contributed by atoms with Gasteiger partial charge in [-0.1, -0.05) is 12.1 Å². The SMILES string of the molecule is CC(C)(C)OC(=O)N1CCC(Oc2ccc(CC(=O)N3CCC(N4C(=O)OCc5c(F)cccc54)CC3)c(OCC(F)(F)F)c2)CC1. The van der Waals surface area contributed by atoms with Crippen molar-refractivity contribution < 1.29 is 50.9 Å². The first-order valence-corrected chi connectivity index (χ1v) is 15.6. The number of piperidine rings is 2.